The number of hydrogen-bond donors (Lipinski definition) is 1. The summed E-state index contributed by atoms with van der Waals surface area (Å²) in [5, 5.41) is 9.77. The van der Waals surface area contributed by atoms with Gasteiger partial charge in [-0.2, -0.15) is 5.10 Å². The van der Waals surface area contributed by atoms with Crippen LogP contribution in [0.5, 0.6) is 0 Å². The molecule has 0 aliphatic carbocycles. The molecule has 4 aromatic rings. The smallest absolute Gasteiger partial charge is 0.273 e. The monoisotopic (exact) mass is 484 g/mol. The van der Waals surface area contributed by atoms with Crippen LogP contribution in [-0.4, -0.2) is 32.0 Å². The molecule has 178 valence electrons. The van der Waals surface area contributed by atoms with E-state index in [0.717, 1.165) is 32.8 Å². The van der Waals surface area contributed by atoms with Crippen LogP contribution in [0.1, 0.15) is 39.7 Å². The Morgan fingerprint density at radius 3 is 2.54 bits per heavy atom. The number of carbonyl (C=O) groups excluding carboxylic acids is 2. The standard InChI is InChI=1S/C28H28N4O2S/c1-19-9-11-21(12-10-19)17-31-26(33)24-15-23(25-8-5-13-35-25)30-32(24)18-28(31,3)27(34)29-16-22-7-4-6-20(2)14-22/h4-15H,16-18H2,1-3H3,(H,29,34)/t28-/m0/s1. The molecule has 2 aromatic heterocycles. The van der Waals surface area contributed by atoms with Crippen molar-refractivity contribution in [3.63, 3.8) is 0 Å². The van der Waals surface area contributed by atoms with E-state index < -0.39 is 5.54 Å². The fourth-order valence-electron chi connectivity index (χ4n) is 4.51. The van der Waals surface area contributed by atoms with Crippen LogP contribution in [0, 0.1) is 13.8 Å². The number of rotatable bonds is 6. The molecule has 0 spiro atoms. The Hall–Kier alpha value is -3.71. The number of nitrogens with zero attached hydrogens (tertiary/aromatic N) is 3. The highest BCUT2D eigenvalue weighted by atomic mass is 32.1. The fourth-order valence-corrected chi connectivity index (χ4v) is 5.19. The number of nitrogens with one attached hydrogen (secondary N) is 1. The maximum absolute atomic E-state index is 13.8. The first-order chi connectivity index (χ1) is 16.8. The van der Waals surface area contributed by atoms with Gasteiger partial charge in [0.05, 0.1) is 11.4 Å². The highest BCUT2D eigenvalue weighted by Gasteiger charge is 2.48. The van der Waals surface area contributed by atoms with Gasteiger partial charge in [0.2, 0.25) is 5.91 Å². The zero-order valence-corrected chi connectivity index (χ0v) is 20.9. The van der Waals surface area contributed by atoms with Crippen molar-refractivity contribution in [2.24, 2.45) is 0 Å². The molecule has 6 nitrogen and oxygen atoms in total. The van der Waals surface area contributed by atoms with E-state index in [-0.39, 0.29) is 18.4 Å². The molecule has 35 heavy (non-hydrogen) atoms. The molecule has 0 radical (unpaired) electrons. The highest BCUT2D eigenvalue weighted by molar-refractivity contribution is 7.13. The van der Waals surface area contributed by atoms with Crippen molar-refractivity contribution in [3.8, 4) is 10.6 Å². The molecule has 0 bridgehead atoms. The second kappa shape index (κ2) is 9.15. The predicted molar refractivity (Wildman–Crippen MR) is 138 cm³/mol. The maximum Gasteiger partial charge on any atom is 0.273 e. The minimum absolute atomic E-state index is 0.194. The summed E-state index contributed by atoms with van der Waals surface area (Å²) in [6.45, 7) is 6.91. The summed E-state index contributed by atoms with van der Waals surface area (Å²) in [7, 11) is 0. The molecule has 1 atom stereocenters. The Balaban J connectivity index is 1.48. The molecule has 0 saturated heterocycles. The van der Waals surface area contributed by atoms with E-state index in [9.17, 15) is 9.59 Å². The number of aryl methyl sites for hydroxylation is 2. The first-order valence-corrected chi connectivity index (χ1v) is 12.5. The van der Waals surface area contributed by atoms with E-state index in [4.69, 9.17) is 5.10 Å². The lowest BCUT2D eigenvalue weighted by atomic mass is 9.94. The number of amides is 2. The summed E-state index contributed by atoms with van der Waals surface area (Å²) >= 11 is 1.58. The largest absolute Gasteiger partial charge is 0.350 e. The summed E-state index contributed by atoms with van der Waals surface area (Å²) in [5.41, 5.74) is 4.45. The van der Waals surface area contributed by atoms with Crippen LogP contribution in [0.15, 0.2) is 72.1 Å². The van der Waals surface area contributed by atoms with Gasteiger partial charge in [-0.05, 0) is 49.4 Å². The van der Waals surface area contributed by atoms with Gasteiger partial charge >= 0.3 is 0 Å². The van der Waals surface area contributed by atoms with E-state index in [0.29, 0.717) is 18.8 Å². The van der Waals surface area contributed by atoms with Gasteiger partial charge in [0.15, 0.2) is 0 Å². The molecule has 5 rings (SSSR count). The number of hydrogen-bond acceptors (Lipinski definition) is 4. The summed E-state index contributed by atoms with van der Waals surface area (Å²) in [4.78, 5) is 30.2. The molecule has 2 amide bonds. The molecule has 7 heteroatoms. The normalized spacial score (nSPS) is 17.3. The van der Waals surface area contributed by atoms with Crippen molar-refractivity contribution in [1.82, 2.24) is 20.0 Å². The van der Waals surface area contributed by atoms with E-state index in [1.807, 2.05) is 86.8 Å². The molecule has 0 unspecified atom stereocenters. The minimum atomic E-state index is -1.10. The van der Waals surface area contributed by atoms with Gasteiger partial charge in [-0.15, -0.1) is 11.3 Å². The van der Waals surface area contributed by atoms with Crippen molar-refractivity contribution in [2.75, 3.05) is 0 Å². The Kier molecular flexibility index (Phi) is 6.03. The van der Waals surface area contributed by atoms with E-state index >= 15 is 0 Å². The summed E-state index contributed by atoms with van der Waals surface area (Å²) in [6, 6.07) is 21.9. The quantitative estimate of drug-likeness (QED) is 0.421. The van der Waals surface area contributed by atoms with Gasteiger partial charge in [0, 0.05) is 13.1 Å². The molecule has 1 aliphatic rings. The minimum Gasteiger partial charge on any atom is -0.350 e. The summed E-state index contributed by atoms with van der Waals surface area (Å²) < 4.78 is 1.69. The Morgan fingerprint density at radius 2 is 1.83 bits per heavy atom. The first-order valence-electron chi connectivity index (χ1n) is 11.7. The van der Waals surface area contributed by atoms with Crippen molar-refractivity contribution in [1.29, 1.82) is 0 Å². The van der Waals surface area contributed by atoms with Gasteiger partial charge < -0.3 is 10.2 Å². The van der Waals surface area contributed by atoms with Gasteiger partial charge in [-0.1, -0.05) is 65.7 Å². The molecule has 0 saturated carbocycles. The molecular formula is C28H28N4O2S. The summed E-state index contributed by atoms with van der Waals surface area (Å²) in [6.07, 6.45) is 0. The third-order valence-corrected chi connectivity index (χ3v) is 7.45. The average molecular weight is 485 g/mol. The lowest BCUT2D eigenvalue weighted by Crippen LogP contribution is -2.63. The predicted octanol–water partition coefficient (Wildman–Crippen LogP) is 4.96. The van der Waals surface area contributed by atoms with Crippen LogP contribution in [0.2, 0.25) is 0 Å². The van der Waals surface area contributed by atoms with Crippen molar-refractivity contribution in [3.05, 3.63) is 100 Å². The van der Waals surface area contributed by atoms with Crippen LogP contribution in [0.3, 0.4) is 0 Å². The number of aromatic nitrogens is 2. The van der Waals surface area contributed by atoms with Crippen molar-refractivity contribution >= 4 is 23.2 Å². The van der Waals surface area contributed by atoms with E-state index in [1.165, 1.54) is 0 Å². The van der Waals surface area contributed by atoms with Crippen LogP contribution < -0.4 is 5.32 Å². The van der Waals surface area contributed by atoms with Gasteiger partial charge in [0.25, 0.3) is 5.91 Å². The number of benzene rings is 2. The first kappa shape index (κ1) is 23.1. The zero-order valence-electron chi connectivity index (χ0n) is 20.1. The maximum atomic E-state index is 13.8. The van der Waals surface area contributed by atoms with E-state index in [1.54, 1.807) is 20.9 Å². The van der Waals surface area contributed by atoms with Crippen molar-refractivity contribution < 1.29 is 9.59 Å². The SMILES string of the molecule is Cc1ccc(CN2C(=O)c3cc(-c4cccs4)nn3C[C@@]2(C)C(=O)NCc2cccc(C)c2)cc1. The third kappa shape index (κ3) is 4.51. The zero-order chi connectivity index (χ0) is 24.6. The molecule has 1 N–H and O–H groups in total. The molecule has 0 fully saturated rings. The number of fused-ring (bicyclic) bond motifs is 1. The van der Waals surface area contributed by atoms with Crippen LogP contribution in [0.25, 0.3) is 10.6 Å². The van der Waals surface area contributed by atoms with Crippen LogP contribution in [-0.2, 0) is 24.4 Å². The highest BCUT2D eigenvalue weighted by Crippen LogP contribution is 2.32. The molecule has 2 aromatic carbocycles. The van der Waals surface area contributed by atoms with E-state index in [2.05, 4.69) is 11.4 Å². The lowest BCUT2D eigenvalue weighted by Gasteiger charge is -2.43. The van der Waals surface area contributed by atoms with Crippen LogP contribution in [0.4, 0.5) is 0 Å². The van der Waals surface area contributed by atoms with Gasteiger partial charge in [-0.25, -0.2) is 0 Å². The topological polar surface area (TPSA) is 67.2 Å². The lowest BCUT2D eigenvalue weighted by molar-refractivity contribution is -0.133. The number of thiophene rings is 1. The summed E-state index contributed by atoms with van der Waals surface area (Å²) in [5.74, 6) is -0.390. The third-order valence-electron chi connectivity index (χ3n) is 6.56. The Morgan fingerprint density at radius 1 is 1.03 bits per heavy atom. The number of carbonyl (C=O) groups is 2. The Labute approximate surface area is 209 Å². The fraction of sp³-hybridized carbons (Fsp3) is 0.250. The van der Waals surface area contributed by atoms with Gasteiger partial charge in [0.1, 0.15) is 16.9 Å². The average Bonchev–Trinajstić information content (AvgIpc) is 3.51. The van der Waals surface area contributed by atoms with Crippen LogP contribution >= 0.6 is 11.3 Å². The Bertz CT molecular complexity index is 1370. The molecule has 3 heterocycles. The van der Waals surface area contributed by atoms with Crippen molar-refractivity contribution in [2.45, 2.75) is 45.9 Å². The van der Waals surface area contributed by atoms with Gasteiger partial charge in [-0.3, -0.25) is 14.3 Å². The molecule has 1 aliphatic heterocycles. The molecular weight excluding hydrogens is 456 g/mol. The second-order valence-corrected chi connectivity index (χ2v) is 10.3. The second-order valence-electron chi connectivity index (χ2n) is 9.37.